The van der Waals surface area contributed by atoms with Crippen LogP contribution in [0.4, 0.5) is 10.6 Å². The van der Waals surface area contributed by atoms with Crippen LogP contribution < -0.4 is 5.32 Å². The van der Waals surface area contributed by atoms with E-state index < -0.39 is 6.10 Å². The third-order valence-electron chi connectivity index (χ3n) is 5.04. The molecule has 1 aliphatic carbocycles. The fourth-order valence-corrected chi connectivity index (χ4v) is 3.45. The lowest BCUT2D eigenvalue weighted by molar-refractivity contribution is 0.143. The Morgan fingerprint density at radius 1 is 1.12 bits per heavy atom. The molecule has 5 nitrogen and oxygen atoms in total. The summed E-state index contributed by atoms with van der Waals surface area (Å²) in [5.41, 5.74) is 2.24. The van der Waals surface area contributed by atoms with Gasteiger partial charge < -0.3 is 10.0 Å². The SMILES string of the molecule is O=C(Nc1cccc(C2CC2)n1)N1C[C@@H](Cc2ccccc2)[C@H](O)C1. The summed E-state index contributed by atoms with van der Waals surface area (Å²) >= 11 is 0. The van der Waals surface area contributed by atoms with Gasteiger partial charge in [-0.15, -0.1) is 0 Å². The summed E-state index contributed by atoms with van der Waals surface area (Å²) in [6, 6.07) is 15.7. The first kappa shape index (κ1) is 16.1. The Morgan fingerprint density at radius 3 is 2.68 bits per heavy atom. The quantitative estimate of drug-likeness (QED) is 0.901. The van der Waals surface area contributed by atoms with Gasteiger partial charge in [-0.1, -0.05) is 36.4 Å². The Hall–Kier alpha value is -2.40. The molecule has 2 aliphatic rings. The van der Waals surface area contributed by atoms with Crippen LogP contribution in [-0.2, 0) is 6.42 Å². The van der Waals surface area contributed by atoms with Crippen molar-refractivity contribution in [3.63, 3.8) is 0 Å². The molecule has 2 heterocycles. The first-order valence-electron chi connectivity index (χ1n) is 8.94. The second-order valence-electron chi connectivity index (χ2n) is 7.07. The van der Waals surface area contributed by atoms with E-state index in [-0.39, 0.29) is 11.9 Å². The molecule has 1 saturated heterocycles. The van der Waals surface area contributed by atoms with Gasteiger partial charge in [-0.2, -0.15) is 0 Å². The minimum absolute atomic E-state index is 0.0684. The molecule has 2 N–H and O–H groups in total. The maximum absolute atomic E-state index is 12.5. The number of β-amino-alcohol motifs (C(OH)–C–C–N with tert-alkyl or cyclic N) is 1. The van der Waals surface area contributed by atoms with E-state index in [1.165, 1.54) is 18.4 Å². The third-order valence-corrected chi connectivity index (χ3v) is 5.04. The molecule has 1 saturated carbocycles. The van der Waals surface area contributed by atoms with E-state index in [9.17, 15) is 9.90 Å². The van der Waals surface area contributed by atoms with Gasteiger partial charge in [0.25, 0.3) is 0 Å². The van der Waals surface area contributed by atoms with Crippen LogP contribution in [-0.4, -0.2) is 40.2 Å². The Morgan fingerprint density at radius 2 is 1.92 bits per heavy atom. The van der Waals surface area contributed by atoms with Gasteiger partial charge in [-0.05, 0) is 37.0 Å². The Kier molecular flexibility index (Phi) is 4.40. The minimum Gasteiger partial charge on any atom is -0.391 e. The smallest absolute Gasteiger partial charge is 0.323 e. The number of aliphatic hydroxyl groups excluding tert-OH is 1. The summed E-state index contributed by atoms with van der Waals surface area (Å²) in [4.78, 5) is 18.7. The first-order chi connectivity index (χ1) is 12.2. The van der Waals surface area contributed by atoms with E-state index in [1.807, 2.05) is 36.4 Å². The molecule has 130 valence electrons. The number of anilines is 1. The van der Waals surface area contributed by atoms with Crippen molar-refractivity contribution in [3.05, 3.63) is 59.8 Å². The van der Waals surface area contributed by atoms with Gasteiger partial charge >= 0.3 is 6.03 Å². The van der Waals surface area contributed by atoms with Crippen LogP contribution in [0.2, 0.25) is 0 Å². The van der Waals surface area contributed by atoms with Crippen molar-refractivity contribution < 1.29 is 9.90 Å². The number of amides is 2. The van der Waals surface area contributed by atoms with E-state index in [4.69, 9.17) is 0 Å². The summed E-state index contributed by atoms with van der Waals surface area (Å²) in [5.74, 6) is 1.22. The van der Waals surface area contributed by atoms with E-state index >= 15 is 0 Å². The summed E-state index contributed by atoms with van der Waals surface area (Å²) < 4.78 is 0. The number of hydrogen-bond acceptors (Lipinski definition) is 3. The number of urea groups is 1. The molecule has 5 heteroatoms. The monoisotopic (exact) mass is 337 g/mol. The highest BCUT2D eigenvalue weighted by Crippen LogP contribution is 2.39. The van der Waals surface area contributed by atoms with Crippen molar-refractivity contribution in [2.75, 3.05) is 18.4 Å². The van der Waals surface area contributed by atoms with Crippen LogP contribution in [0.25, 0.3) is 0 Å². The molecule has 4 rings (SSSR count). The topological polar surface area (TPSA) is 65.5 Å². The predicted molar refractivity (Wildman–Crippen MR) is 96.4 cm³/mol. The highest BCUT2D eigenvalue weighted by atomic mass is 16.3. The van der Waals surface area contributed by atoms with Crippen molar-refractivity contribution in [3.8, 4) is 0 Å². The lowest BCUT2D eigenvalue weighted by atomic mass is 9.97. The van der Waals surface area contributed by atoms with Gasteiger partial charge in [0.05, 0.1) is 6.10 Å². The number of hydrogen-bond donors (Lipinski definition) is 2. The molecule has 25 heavy (non-hydrogen) atoms. The zero-order chi connectivity index (χ0) is 17.2. The average molecular weight is 337 g/mol. The molecule has 0 spiro atoms. The molecule has 0 unspecified atom stereocenters. The standard InChI is InChI=1S/C20H23N3O2/c24-18-13-23(12-16(18)11-14-5-2-1-3-6-14)20(25)22-19-8-4-7-17(21-19)15-9-10-15/h1-8,15-16,18,24H,9-13H2,(H,21,22,25)/t16-,18-/m1/s1. The van der Waals surface area contributed by atoms with Crippen LogP contribution in [0.1, 0.15) is 30.0 Å². The summed E-state index contributed by atoms with van der Waals surface area (Å²) in [7, 11) is 0. The zero-order valence-electron chi connectivity index (χ0n) is 14.1. The Labute approximate surface area is 147 Å². The molecule has 0 radical (unpaired) electrons. The fraction of sp³-hybridized carbons (Fsp3) is 0.400. The predicted octanol–water partition coefficient (Wildman–Crippen LogP) is 3.03. The number of carbonyl (C=O) groups is 1. The lowest BCUT2D eigenvalue weighted by Gasteiger charge is -2.17. The van der Waals surface area contributed by atoms with Crippen LogP contribution in [0, 0.1) is 5.92 Å². The van der Waals surface area contributed by atoms with Gasteiger partial charge in [0, 0.05) is 30.6 Å². The molecule has 2 aromatic rings. The van der Waals surface area contributed by atoms with E-state index in [0.29, 0.717) is 24.8 Å². The number of benzene rings is 1. The molecule has 2 atom stereocenters. The molecule has 1 aromatic carbocycles. The van der Waals surface area contributed by atoms with Crippen LogP contribution >= 0.6 is 0 Å². The van der Waals surface area contributed by atoms with Crippen LogP contribution in [0.3, 0.4) is 0 Å². The number of aromatic nitrogens is 1. The van der Waals surface area contributed by atoms with Crippen molar-refractivity contribution in [2.45, 2.75) is 31.3 Å². The van der Waals surface area contributed by atoms with E-state index in [2.05, 4.69) is 22.4 Å². The second kappa shape index (κ2) is 6.84. The van der Waals surface area contributed by atoms with E-state index in [0.717, 1.165) is 12.1 Å². The molecule has 0 bridgehead atoms. The number of carbonyl (C=O) groups excluding carboxylic acids is 1. The average Bonchev–Trinajstić information content (AvgIpc) is 3.41. The van der Waals surface area contributed by atoms with Gasteiger partial charge in [0.1, 0.15) is 5.82 Å². The summed E-state index contributed by atoms with van der Waals surface area (Å²) in [6.07, 6.45) is 2.66. The molecule has 2 fully saturated rings. The zero-order valence-corrected chi connectivity index (χ0v) is 14.1. The second-order valence-corrected chi connectivity index (χ2v) is 7.07. The number of likely N-dealkylation sites (tertiary alicyclic amines) is 1. The van der Waals surface area contributed by atoms with Gasteiger partial charge in [0.2, 0.25) is 0 Å². The lowest BCUT2D eigenvalue weighted by Crippen LogP contribution is -2.34. The number of rotatable bonds is 4. The fourth-order valence-electron chi connectivity index (χ4n) is 3.45. The normalized spacial score (nSPS) is 22.8. The number of aliphatic hydroxyl groups is 1. The van der Waals surface area contributed by atoms with Crippen molar-refractivity contribution in [2.24, 2.45) is 5.92 Å². The molecular weight excluding hydrogens is 314 g/mol. The Bertz CT molecular complexity index is 746. The van der Waals surface area contributed by atoms with Crippen molar-refractivity contribution >= 4 is 11.8 Å². The molecule has 1 aliphatic heterocycles. The van der Waals surface area contributed by atoms with E-state index in [1.54, 1.807) is 4.90 Å². The van der Waals surface area contributed by atoms with Crippen molar-refractivity contribution in [1.82, 2.24) is 9.88 Å². The maximum atomic E-state index is 12.5. The van der Waals surface area contributed by atoms with Crippen LogP contribution in [0.15, 0.2) is 48.5 Å². The number of nitrogens with one attached hydrogen (secondary N) is 1. The number of nitrogens with zero attached hydrogens (tertiary/aromatic N) is 2. The first-order valence-corrected chi connectivity index (χ1v) is 8.94. The molecular formula is C20H23N3O2. The maximum Gasteiger partial charge on any atom is 0.323 e. The molecule has 1 aromatic heterocycles. The Balaban J connectivity index is 1.37. The van der Waals surface area contributed by atoms with Crippen LogP contribution in [0.5, 0.6) is 0 Å². The number of pyridine rings is 1. The largest absolute Gasteiger partial charge is 0.391 e. The molecule has 2 amide bonds. The third kappa shape index (κ3) is 3.82. The van der Waals surface area contributed by atoms with Crippen molar-refractivity contribution in [1.29, 1.82) is 0 Å². The van der Waals surface area contributed by atoms with Gasteiger partial charge in [-0.3, -0.25) is 5.32 Å². The summed E-state index contributed by atoms with van der Waals surface area (Å²) in [5, 5.41) is 13.2. The highest BCUT2D eigenvalue weighted by Gasteiger charge is 2.34. The summed E-state index contributed by atoms with van der Waals surface area (Å²) in [6.45, 7) is 0.926. The minimum atomic E-state index is -0.489. The van der Waals surface area contributed by atoms with Gasteiger partial charge in [-0.25, -0.2) is 9.78 Å². The highest BCUT2D eigenvalue weighted by molar-refractivity contribution is 5.88. The van der Waals surface area contributed by atoms with Gasteiger partial charge in [0.15, 0.2) is 0 Å².